The third kappa shape index (κ3) is 6.97. The normalized spacial score (nSPS) is 17.2. The van der Waals surface area contributed by atoms with Crippen molar-refractivity contribution in [2.24, 2.45) is 0 Å². The molecule has 4 aromatic rings. The molecule has 38 heavy (non-hydrogen) atoms. The van der Waals surface area contributed by atoms with E-state index >= 15 is 0 Å². The smallest absolute Gasteiger partial charge is 0.143 e. The van der Waals surface area contributed by atoms with Crippen LogP contribution in [0.1, 0.15) is 71.4 Å². The average molecular weight is 507 g/mol. The first kappa shape index (κ1) is 25.4. The number of aromatic nitrogens is 6. The van der Waals surface area contributed by atoms with Gasteiger partial charge in [-0.25, -0.2) is 0 Å². The summed E-state index contributed by atoms with van der Waals surface area (Å²) in [7, 11) is 0. The van der Waals surface area contributed by atoms with Crippen LogP contribution in [0.25, 0.3) is 0 Å². The Hall–Kier alpha value is -4.20. The summed E-state index contributed by atoms with van der Waals surface area (Å²) in [6.07, 6.45) is 12.2. The van der Waals surface area contributed by atoms with Crippen molar-refractivity contribution in [3.63, 3.8) is 0 Å². The summed E-state index contributed by atoms with van der Waals surface area (Å²) in [5.74, 6) is 0.782. The van der Waals surface area contributed by atoms with Crippen molar-refractivity contribution in [1.29, 1.82) is 0 Å². The van der Waals surface area contributed by atoms with Crippen molar-refractivity contribution in [3.8, 4) is 0 Å². The van der Waals surface area contributed by atoms with E-state index in [9.17, 15) is 9.59 Å². The highest BCUT2D eigenvalue weighted by Crippen LogP contribution is 2.39. The second-order valence-electron chi connectivity index (χ2n) is 9.97. The summed E-state index contributed by atoms with van der Waals surface area (Å²) in [6, 6.07) is 15.3. The summed E-state index contributed by atoms with van der Waals surface area (Å²) < 4.78 is 0. The highest BCUT2D eigenvalue weighted by atomic mass is 16.1. The molecule has 0 bridgehead atoms. The number of carbonyl (C=O) groups excluding carboxylic acids is 2. The number of hydrogen-bond donors (Lipinski definition) is 0. The lowest BCUT2D eigenvalue weighted by Gasteiger charge is -2.28. The number of hydrogen-bond acceptors (Lipinski definition) is 8. The molecule has 4 aromatic heterocycles. The zero-order chi connectivity index (χ0) is 26.2. The number of ketones is 2. The van der Waals surface area contributed by atoms with Crippen LogP contribution in [0.2, 0.25) is 0 Å². The Kier molecular flexibility index (Phi) is 8.28. The van der Waals surface area contributed by atoms with E-state index in [0.717, 1.165) is 48.2 Å². The molecule has 0 spiro atoms. The number of carbonyl (C=O) groups is 2. The van der Waals surface area contributed by atoms with Gasteiger partial charge in [-0.3, -0.25) is 19.6 Å². The molecule has 1 saturated carbocycles. The summed E-state index contributed by atoms with van der Waals surface area (Å²) in [6.45, 7) is 0. The van der Waals surface area contributed by atoms with Gasteiger partial charge in [0.1, 0.15) is 11.6 Å². The van der Waals surface area contributed by atoms with Crippen LogP contribution in [0.15, 0.2) is 73.3 Å². The first-order valence-electron chi connectivity index (χ1n) is 13.1. The molecular weight excluding hydrogens is 476 g/mol. The lowest BCUT2D eigenvalue weighted by molar-refractivity contribution is -0.118. The second-order valence-corrected chi connectivity index (χ2v) is 9.97. The van der Waals surface area contributed by atoms with Gasteiger partial charge in [-0.1, -0.05) is 18.6 Å². The Morgan fingerprint density at radius 3 is 1.53 bits per heavy atom. The van der Waals surface area contributed by atoms with Crippen molar-refractivity contribution in [3.05, 3.63) is 107 Å². The Balaban J connectivity index is 1.14. The first-order valence-corrected chi connectivity index (χ1v) is 13.1. The van der Waals surface area contributed by atoms with Crippen molar-refractivity contribution >= 4 is 11.6 Å². The summed E-state index contributed by atoms with van der Waals surface area (Å²) >= 11 is 0. The molecule has 0 N–H and O–H groups in total. The lowest BCUT2D eigenvalue weighted by Crippen LogP contribution is -2.17. The van der Waals surface area contributed by atoms with E-state index < -0.39 is 0 Å². The topological polar surface area (TPSA) is 111 Å². The van der Waals surface area contributed by atoms with Gasteiger partial charge in [0.2, 0.25) is 0 Å². The minimum atomic E-state index is 0.0959. The minimum Gasteiger partial charge on any atom is -0.299 e. The number of nitrogens with zero attached hydrogens (tertiary/aromatic N) is 6. The Morgan fingerprint density at radius 1 is 0.632 bits per heavy atom. The van der Waals surface area contributed by atoms with E-state index in [1.54, 1.807) is 24.8 Å². The molecule has 1 aliphatic rings. The van der Waals surface area contributed by atoms with Gasteiger partial charge in [0.15, 0.2) is 0 Å². The fourth-order valence-corrected chi connectivity index (χ4v) is 5.08. The second kappa shape index (κ2) is 12.4. The molecule has 0 saturated heterocycles. The van der Waals surface area contributed by atoms with Crippen LogP contribution in [0.5, 0.6) is 0 Å². The zero-order valence-electron chi connectivity index (χ0n) is 21.2. The van der Waals surface area contributed by atoms with Gasteiger partial charge in [0.05, 0.1) is 35.6 Å². The van der Waals surface area contributed by atoms with E-state index in [1.807, 2.05) is 48.5 Å². The maximum absolute atomic E-state index is 12.4. The van der Waals surface area contributed by atoms with Crippen LogP contribution in [0.4, 0.5) is 0 Å². The Bertz CT molecular complexity index is 1240. The van der Waals surface area contributed by atoms with Crippen molar-refractivity contribution in [2.45, 2.75) is 63.2 Å². The molecule has 4 heterocycles. The molecule has 5 rings (SSSR count). The molecule has 192 valence electrons. The molecule has 0 unspecified atom stereocenters. The number of Topliss-reactive ketones (excluding diaryl/α,β-unsaturated/α-hetero) is 2. The first-order chi connectivity index (χ1) is 18.6. The van der Waals surface area contributed by atoms with Gasteiger partial charge in [0, 0.05) is 49.5 Å². The molecule has 1 fully saturated rings. The van der Waals surface area contributed by atoms with Crippen molar-refractivity contribution in [2.75, 3.05) is 0 Å². The maximum atomic E-state index is 12.4. The molecular formula is C30H30N6O2. The van der Waals surface area contributed by atoms with Crippen LogP contribution in [-0.2, 0) is 35.3 Å². The van der Waals surface area contributed by atoms with E-state index in [4.69, 9.17) is 0 Å². The summed E-state index contributed by atoms with van der Waals surface area (Å²) in [4.78, 5) is 32.9. The summed E-state index contributed by atoms with van der Waals surface area (Å²) in [5, 5.41) is 17.7. The van der Waals surface area contributed by atoms with E-state index in [-0.39, 0.29) is 24.4 Å². The van der Waals surface area contributed by atoms with Gasteiger partial charge in [-0.15, -0.1) is 0 Å². The molecule has 2 atom stereocenters. The van der Waals surface area contributed by atoms with Crippen LogP contribution >= 0.6 is 0 Å². The van der Waals surface area contributed by atoms with E-state index in [2.05, 4.69) is 30.4 Å². The molecule has 8 heteroatoms. The van der Waals surface area contributed by atoms with Crippen LogP contribution in [-0.4, -0.2) is 41.9 Å². The average Bonchev–Trinajstić information content (AvgIpc) is 2.95. The van der Waals surface area contributed by atoms with Gasteiger partial charge in [-0.2, -0.15) is 20.4 Å². The predicted octanol–water partition coefficient (Wildman–Crippen LogP) is 4.21. The molecule has 0 radical (unpaired) electrons. The molecule has 8 nitrogen and oxygen atoms in total. The lowest BCUT2D eigenvalue weighted by atomic mass is 9.78. The molecule has 0 aliphatic heterocycles. The van der Waals surface area contributed by atoms with Crippen LogP contribution < -0.4 is 0 Å². The van der Waals surface area contributed by atoms with Gasteiger partial charge in [-0.05, 0) is 66.8 Å². The SMILES string of the molecule is O=C(Cc1cccnc1)Cc1ccc([C@@H]2CCC[C@@H](c3ccc(CC(=O)Cc4cccnc4)nn3)C2)nn1. The molecule has 0 amide bonds. The Labute approximate surface area is 222 Å². The fourth-order valence-electron chi connectivity index (χ4n) is 5.08. The maximum Gasteiger partial charge on any atom is 0.143 e. The minimum absolute atomic E-state index is 0.0959. The zero-order valence-corrected chi connectivity index (χ0v) is 21.2. The molecule has 0 aromatic carbocycles. The number of rotatable bonds is 10. The fraction of sp³-hybridized carbons (Fsp3) is 0.333. The van der Waals surface area contributed by atoms with E-state index in [1.165, 1.54) is 0 Å². The third-order valence-corrected chi connectivity index (χ3v) is 7.00. The monoisotopic (exact) mass is 506 g/mol. The van der Waals surface area contributed by atoms with Gasteiger partial charge >= 0.3 is 0 Å². The number of pyridine rings is 2. The quantitative estimate of drug-likeness (QED) is 0.315. The standard InChI is InChI=1S/C30H30N6O2/c37-27(14-21-4-2-12-31-19-21)17-25-8-10-29(35-33-25)23-6-1-7-24(16-23)30-11-9-26(34-36-30)18-28(38)15-22-5-3-13-32-20-22/h2-5,8-13,19-20,23-24H,1,6-7,14-18H2/t23-,24-/m1/s1. The highest BCUT2D eigenvalue weighted by molar-refractivity contribution is 5.83. The largest absolute Gasteiger partial charge is 0.299 e. The van der Waals surface area contributed by atoms with Gasteiger partial charge < -0.3 is 0 Å². The highest BCUT2D eigenvalue weighted by Gasteiger charge is 2.27. The third-order valence-electron chi connectivity index (χ3n) is 7.00. The summed E-state index contributed by atoms with van der Waals surface area (Å²) in [5.41, 5.74) is 5.11. The predicted molar refractivity (Wildman–Crippen MR) is 141 cm³/mol. The molecule has 1 aliphatic carbocycles. The Morgan fingerprint density at radius 2 is 1.13 bits per heavy atom. The van der Waals surface area contributed by atoms with Gasteiger partial charge in [0.25, 0.3) is 0 Å². The van der Waals surface area contributed by atoms with Crippen molar-refractivity contribution in [1.82, 2.24) is 30.4 Å². The van der Waals surface area contributed by atoms with Crippen molar-refractivity contribution < 1.29 is 9.59 Å². The van der Waals surface area contributed by atoms with Crippen LogP contribution in [0, 0.1) is 0 Å². The van der Waals surface area contributed by atoms with Crippen LogP contribution in [0.3, 0.4) is 0 Å². The van der Waals surface area contributed by atoms with E-state index in [0.29, 0.717) is 36.1 Å².